The van der Waals surface area contributed by atoms with Gasteiger partial charge >= 0.3 is 0 Å². The van der Waals surface area contributed by atoms with Crippen LogP contribution >= 0.6 is 47.7 Å². The predicted molar refractivity (Wildman–Crippen MR) is 165 cm³/mol. The van der Waals surface area contributed by atoms with Crippen LogP contribution in [0.2, 0.25) is 0 Å². The van der Waals surface area contributed by atoms with E-state index in [0.717, 1.165) is 45.1 Å². The maximum absolute atomic E-state index is 5.70. The van der Waals surface area contributed by atoms with Gasteiger partial charge in [-0.1, -0.05) is 108 Å². The van der Waals surface area contributed by atoms with E-state index in [1.165, 1.54) is 21.7 Å². The summed E-state index contributed by atoms with van der Waals surface area (Å²) < 4.78 is 13.6. The van der Waals surface area contributed by atoms with E-state index in [2.05, 4.69) is 117 Å². The largest absolute Gasteiger partial charge is 0.496 e. The second-order valence-corrected chi connectivity index (χ2v) is 15.0. The normalized spacial score (nSPS) is 12.7. The van der Waals surface area contributed by atoms with Gasteiger partial charge in [0.25, 0.3) is 0 Å². The molecule has 6 heteroatoms. The van der Waals surface area contributed by atoms with Crippen LogP contribution in [0.4, 0.5) is 0 Å². The Kier molecular flexibility index (Phi) is 10.4. The van der Waals surface area contributed by atoms with E-state index >= 15 is 0 Å². The van der Waals surface area contributed by atoms with Gasteiger partial charge in [0.15, 0.2) is 0 Å². The summed E-state index contributed by atoms with van der Waals surface area (Å²) in [6.07, 6.45) is 4.34. The number of rotatable bonds is 11. The molecule has 186 valence electrons. The van der Waals surface area contributed by atoms with Crippen LogP contribution in [0.5, 0.6) is 11.5 Å². The summed E-state index contributed by atoms with van der Waals surface area (Å²) in [5.74, 6) is 1.96. The molecule has 0 aliphatic rings. The van der Waals surface area contributed by atoms with Crippen LogP contribution in [0.25, 0.3) is 0 Å². The Hall–Kier alpha value is -1.70. The number of methoxy groups -OCH3 is 2. The van der Waals surface area contributed by atoms with E-state index in [1.54, 1.807) is 14.2 Å². The van der Waals surface area contributed by atoms with Crippen molar-refractivity contribution in [2.45, 2.75) is 12.3 Å². The molecule has 0 aromatic heterocycles. The number of para-hydroxylation sites is 2. The third-order valence-electron chi connectivity index (χ3n) is 6.13. The zero-order chi connectivity index (χ0) is 25.3. The number of benzene rings is 4. The van der Waals surface area contributed by atoms with Crippen LogP contribution in [0.1, 0.15) is 11.1 Å². The van der Waals surface area contributed by atoms with Crippen LogP contribution in [0, 0.1) is 0 Å². The summed E-state index contributed by atoms with van der Waals surface area (Å²) in [4.78, 5) is 0. The fourth-order valence-corrected chi connectivity index (χ4v) is 10.4. The number of hydrogen-bond donors (Lipinski definition) is 0. The molecule has 0 saturated heterocycles. The second kappa shape index (κ2) is 13.7. The highest BCUT2D eigenvalue weighted by atomic mass is 79.9. The SMILES string of the molecule is COc1ccccc1CP(CCP(Cc1ccccc1OC)c1ccc(Br)cc1)c1ccc(Br)cc1. The Morgan fingerprint density at radius 2 is 0.889 bits per heavy atom. The van der Waals surface area contributed by atoms with Crippen LogP contribution in [0.3, 0.4) is 0 Å². The Labute approximate surface area is 234 Å². The van der Waals surface area contributed by atoms with Crippen molar-refractivity contribution < 1.29 is 9.47 Å². The summed E-state index contributed by atoms with van der Waals surface area (Å²) in [6.45, 7) is 0. The van der Waals surface area contributed by atoms with Gasteiger partial charge in [0.2, 0.25) is 0 Å². The lowest BCUT2D eigenvalue weighted by Gasteiger charge is -2.25. The summed E-state index contributed by atoms with van der Waals surface area (Å²) in [6, 6.07) is 34.7. The molecular weight excluding hydrogens is 614 g/mol. The fourth-order valence-electron chi connectivity index (χ4n) is 4.22. The highest BCUT2D eigenvalue weighted by molar-refractivity contribution is 9.10. The first-order valence-electron chi connectivity index (χ1n) is 11.8. The molecule has 2 unspecified atom stereocenters. The first kappa shape index (κ1) is 27.3. The van der Waals surface area contributed by atoms with Gasteiger partial charge in [-0.3, -0.25) is 0 Å². The Morgan fingerprint density at radius 3 is 1.25 bits per heavy atom. The molecule has 2 nitrogen and oxygen atoms in total. The minimum absolute atomic E-state index is 0.407. The summed E-state index contributed by atoms with van der Waals surface area (Å²) >= 11 is 7.22. The molecule has 36 heavy (non-hydrogen) atoms. The fraction of sp³-hybridized carbons (Fsp3) is 0.200. The minimum Gasteiger partial charge on any atom is -0.496 e. The molecule has 0 spiro atoms. The molecule has 0 radical (unpaired) electrons. The summed E-state index contributed by atoms with van der Waals surface area (Å²) in [5, 5.41) is 2.87. The van der Waals surface area contributed by atoms with Gasteiger partial charge in [0, 0.05) is 21.3 Å². The topological polar surface area (TPSA) is 18.5 Å². The van der Waals surface area contributed by atoms with Crippen molar-refractivity contribution in [1.29, 1.82) is 0 Å². The van der Waals surface area contributed by atoms with Gasteiger partial charge in [-0.05, 0) is 70.5 Å². The van der Waals surface area contributed by atoms with Crippen LogP contribution in [-0.2, 0) is 12.3 Å². The van der Waals surface area contributed by atoms with E-state index in [0.29, 0.717) is 0 Å². The molecule has 0 amide bonds. The van der Waals surface area contributed by atoms with Crippen molar-refractivity contribution >= 4 is 58.3 Å². The molecule has 0 fully saturated rings. The standard InChI is InChI=1S/C30H30Br2O2P2/c1-33-29-9-5-3-7-23(29)21-35(27-15-11-25(31)12-16-27)19-20-36(28-17-13-26(32)14-18-28)22-24-8-4-6-10-30(24)34-2/h3-18H,19-22H2,1-2H3. The molecular formula is C30H30Br2O2P2. The van der Waals surface area contributed by atoms with Crippen LogP contribution < -0.4 is 20.1 Å². The van der Waals surface area contributed by atoms with Crippen molar-refractivity contribution in [3.05, 3.63) is 117 Å². The zero-order valence-electron chi connectivity index (χ0n) is 20.5. The molecule has 4 rings (SSSR count). The molecule has 0 bridgehead atoms. The molecule has 0 N–H and O–H groups in total. The smallest absolute Gasteiger partial charge is 0.122 e. The van der Waals surface area contributed by atoms with E-state index in [1.807, 2.05) is 12.1 Å². The van der Waals surface area contributed by atoms with Gasteiger partial charge < -0.3 is 9.47 Å². The van der Waals surface area contributed by atoms with E-state index in [9.17, 15) is 0 Å². The highest BCUT2D eigenvalue weighted by Gasteiger charge is 2.20. The molecule has 0 aliphatic carbocycles. The predicted octanol–water partition coefficient (Wildman–Crippen LogP) is 8.54. The maximum atomic E-state index is 5.70. The number of ether oxygens (including phenoxy) is 2. The Balaban J connectivity index is 1.62. The Morgan fingerprint density at radius 1 is 0.528 bits per heavy atom. The second-order valence-electron chi connectivity index (χ2n) is 8.42. The lowest BCUT2D eigenvalue weighted by atomic mass is 10.2. The maximum Gasteiger partial charge on any atom is 0.122 e. The molecule has 0 saturated carbocycles. The van der Waals surface area contributed by atoms with Crippen molar-refractivity contribution in [3.63, 3.8) is 0 Å². The van der Waals surface area contributed by atoms with Gasteiger partial charge in [-0.15, -0.1) is 0 Å². The Bertz CT molecular complexity index is 1150. The highest BCUT2D eigenvalue weighted by Crippen LogP contribution is 2.48. The monoisotopic (exact) mass is 642 g/mol. The number of hydrogen-bond acceptors (Lipinski definition) is 2. The first-order valence-corrected chi connectivity index (χ1v) is 16.8. The van der Waals surface area contributed by atoms with Crippen LogP contribution in [0.15, 0.2) is 106 Å². The zero-order valence-corrected chi connectivity index (χ0v) is 25.5. The summed E-state index contributed by atoms with van der Waals surface area (Å²) in [7, 11) is 2.72. The molecule has 0 aliphatic heterocycles. The van der Waals surface area contributed by atoms with E-state index < -0.39 is 15.8 Å². The third-order valence-corrected chi connectivity index (χ3v) is 12.6. The van der Waals surface area contributed by atoms with Gasteiger partial charge in [-0.25, -0.2) is 0 Å². The van der Waals surface area contributed by atoms with Crippen molar-refractivity contribution in [2.24, 2.45) is 0 Å². The molecule has 2 atom stereocenters. The lowest BCUT2D eigenvalue weighted by Crippen LogP contribution is -2.12. The lowest BCUT2D eigenvalue weighted by molar-refractivity contribution is 0.411. The van der Waals surface area contributed by atoms with Crippen molar-refractivity contribution in [3.8, 4) is 11.5 Å². The summed E-state index contributed by atoms with van der Waals surface area (Å²) in [5.41, 5.74) is 2.57. The average molecular weight is 644 g/mol. The third kappa shape index (κ3) is 7.42. The average Bonchev–Trinajstić information content (AvgIpc) is 2.91. The van der Waals surface area contributed by atoms with Gasteiger partial charge in [0.1, 0.15) is 11.5 Å². The quantitative estimate of drug-likeness (QED) is 0.153. The van der Waals surface area contributed by atoms with Crippen molar-refractivity contribution in [2.75, 3.05) is 26.5 Å². The van der Waals surface area contributed by atoms with Crippen molar-refractivity contribution in [1.82, 2.24) is 0 Å². The van der Waals surface area contributed by atoms with Gasteiger partial charge in [-0.2, -0.15) is 0 Å². The number of halogens is 2. The minimum atomic E-state index is -0.407. The molecule has 4 aromatic rings. The van der Waals surface area contributed by atoms with Gasteiger partial charge in [0.05, 0.1) is 14.2 Å². The van der Waals surface area contributed by atoms with Crippen LogP contribution in [-0.4, -0.2) is 26.5 Å². The van der Waals surface area contributed by atoms with E-state index in [-0.39, 0.29) is 0 Å². The molecule has 4 aromatic carbocycles. The van der Waals surface area contributed by atoms with E-state index in [4.69, 9.17) is 9.47 Å². The molecule has 0 heterocycles. The first-order chi connectivity index (χ1) is 17.6.